The van der Waals surface area contributed by atoms with Crippen LogP contribution in [-0.4, -0.2) is 62.8 Å². The fourth-order valence-corrected chi connectivity index (χ4v) is 8.41. The fourth-order valence-electron chi connectivity index (χ4n) is 5.91. The number of ether oxygens (including phenoxy) is 2. The van der Waals surface area contributed by atoms with Crippen LogP contribution in [0.3, 0.4) is 0 Å². The first kappa shape index (κ1) is 30.5. The molecule has 5 rings (SSSR count). The normalized spacial score (nSPS) is 19.5. The topological polar surface area (TPSA) is 96.4 Å². The quantitative estimate of drug-likeness (QED) is 0.265. The van der Waals surface area contributed by atoms with Gasteiger partial charge in [-0.25, -0.2) is 17.6 Å². The van der Waals surface area contributed by atoms with Crippen molar-refractivity contribution in [2.45, 2.75) is 63.0 Å². The summed E-state index contributed by atoms with van der Waals surface area (Å²) in [5.74, 6) is -1.72. The number of hydrogen-bond acceptors (Lipinski definition) is 7. The third-order valence-electron chi connectivity index (χ3n) is 8.05. The maximum Gasteiger partial charge on any atom is 0.348 e. The zero-order chi connectivity index (χ0) is 30.0. The van der Waals surface area contributed by atoms with Gasteiger partial charge in [-0.2, -0.15) is 4.31 Å². The van der Waals surface area contributed by atoms with Gasteiger partial charge in [-0.1, -0.05) is 37.5 Å². The van der Waals surface area contributed by atoms with E-state index in [0.717, 1.165) is 55.2 Å². The molecule has 1 aromatic heterocycles. The van der Waals surface area contributed by atoms with E-state index in [-0.39, 0.29) is 34.4 Å². The molecular weight excluding hydrogens is 579 g/mol. The van der Waals surface area contributed by atoms with Gasteiger partial charge in [-0.15, -0.1) is 11.3 Å². The van der Waals surface area contributed by atoms with Crippen molar-refractivity contribution in [1.82, 2.24) is 4.31 Å². The summed E-state index contributed by atoms with van der Waals surface area (Å²) in [6.45, 7) is 4.76. The first-order valence-electron chi connectivity index (χ1n) is 14.3. The Hall–Kier alpha value is -2.99. The average molecular weight is 617 g/mol. The van der Waals surface area contributed by atoms with Crippen molar-refractivity contribution in [2.75, 3.05) is 31.7 Å². The molecule has 3 aromatic rings. The van der Waals surface area contributed by atoms with Crippen molar-refractivity contribution in [3.05, 3.63) is 59.2 Å². The smallest absolute Gasteiger partial charge is 0.348 e. The Balaban J connectivity index is 1.69. The van der Waals surface area contributed by atoms with Crippen molar-refractivity contribution in [3.8, 4) is 16.2 Å². The van der Waals surface area contributed by atoms with Crippen LogP contribution in [0.25, 0.3) is 10.4 Å². The van der Waals surface area contributed by atoms with Crippen LogP contribution in [0.1, 0.15) is 55.6 Å². The second-order valence-corrected chi connectivity index (χ2v) is 14.1. The number of nitrogens with zero attached hydrogens (tertiary/aromatic N) is 2. The van der Waals surface area contributed by atoms with E-state index in [1.807, 2.05) is 49.1 Å². The number of aromatic carboxylic acids is 1. The number of carboxylic acid groups (broad SMARTS) is 1. The highest BCUT2D eigenvalue weighted by atomic mass is 32.2. The van der Waals surface area contributed by atoms with Crippen molar-refractivity contribution in [2.24, 2.45) is 5.92 Å². The number of benzene rings is 2. The molecule has 8 nitrogen and oxygen atoms in total. The van der Waals surface area contributed by atoms with Gasteiger partial charge in [0.2, 0.25) is 10.0 Å². The molecule has 2 aromatic carbocycles. The van der Waals surface area contributed by atoms with Crippen LogP contribution in [0, 0.1) is 11.7 Å². The number of halogens is 1. The van der Waals surface area contributed by atoms with Gasteiger partial charge in [-0.3, -0.25) is 0 Å². The van der Waals surface area contributed by atoms with Gasteiger partial charge in [0, 0.05) is 41.8 Å². The minimum atomic E-state index is -3.99. The predicted octanol–water partition coefficient (Wildman–Crippen LogP) is 6.78. The molecule has 0 spiro atoms. The lowest BCUT2D eigenvalue weighted by molar-refractivity contribution is 0.0554. The molecule has 0 bridgehead atoms. The molecule has 2 heterocycles. The van der Waals surface area contributed by atoms with Gasteiger partial charge in [0.25, 0.3) is 0 Å². The van der Waals surface area contributed by atoms with E-state index in [1.54, 1.807) is 13.1 Å². The molecular formula is C31H37FN2O6S2. The van der Waals surface area contributed by atoms with Crippen LogP contribution in [0.5, 0.6) is 5.75 Å². The first-order valence-corrected chi connectivity index (χ1v) is 16.6. The summed E-state index contributed by atoms with van der Waals surface area (Å²) in [5, 5.41) is 9.49. The number of rotatable bonds is 9. The minimum Gasteiger partial charge on any atom is -0.490 e. The Kier molecular flexibility index (Phi) is 9.22. The molecule has 1 fully saturated rings. The van der Waals surface area contributed by atoms with Crippen LogP contribution in [0.4, 0.5) is 15.8 Å². The number of carbonyl (C=O) groups is 1. The lowest BCUT2D eigenvalue weighted by Crippen LogP contribution is -2.46. The number of carboxylic acids is 1. The molecule has 1 N–H and O–H groups in total. The maximum atomic E-state index is 14.7. The molecule has 0 unspecified atom stereocenters. The number of likely N-dealkylation sites (N-methyl/N-ethyl adjacent to an activating group) is 1. The number of sulfonamides is 1. The molecule has 42 heavy (non-hydrogen) atoms. The number of thiophene rings is 1. The lowest BCUT2D eigenvalue weighted by atomic mass is 9.83. The zero-order valence-electron chi connectivity index (χ0n) is 24.1. The molecule has 226 valence electrons. The first-order chi connectivity index (χ1) is 20.1. The van der Waals surface area contributed by atoms with Crippen molar-refractivity contribution < 1.29 is 32.2 Å². The van der Waals surface area contributed by atoms with Crippen LogP contribution in [0.2, 0.25) is 0 Å². The van der Waals surface area contributed by atoms with E-state index < -0.39 is 26.7 Å². The molecule has 0 radical (unpaired) electrons. The van der Waals surface area contributed by atoms with Gasteiger partial charge in [0.05, 0.1) is 18.4 Å². The second kappa shape index (κ2) is 12.7. The highest BCUT2D eigenvalue weighted by Gasteiger charge is 2.41. The van der Waals surface area contributed by atoms with Crippen molar-refractivity contribution in [3.63, 3.8) is 0 Å². The van der Waals surface area contributed by atoms with E-state index in [4.69, 9.17) is 9.47 Å². The van der Waals surface area contributed by atoms with Crippen molar-refractivity contribution >= 4 is 38.7 Å². The molecule has 2 aliphatic rings. The van der Waals surface area contributed by atoms with Gasteiger partial charge in [-0.05, 0) is 56.9 Å². The van der Waals surface area contributed by atoms with Crippen molar-refractivity contribution in [1.29, 1.82) is 0 Å². The van der Waals surface area contributed by atoms with E-state index in [9.17, 15) is 22.7 Å². The molecule has 1 atom stereocenters. The van der Waals surface area contributed by atoms with Crippen LogP contribution < -0.4 is 9.64 Å². The number of fused-ring (bicyclic) bond motifs is 1. The summed E-state index contributed by atoms with van der Waals surface area (Å²) in [6, 6.07) is 13.7. The second-order valence-electron chi connectivity index (χ2n) is 11.1. The summed E-state index contributed by atoms with van der Waals surface area (Å²) < 4.78 is 56.6. The third-order valence-corrected chi connectivity index (χ3v) is 11.1. The monoisotopic (exact) mass is 616 g/mol. The van der Waals surface area contributed by atoms with Crippen LogP contribution in [-0.2, 0) is 14.8 Å². The SMILES string of the molecule is CC(C)OCCOc1cc2c(cc1-c1cc(F)c(C(=O)O)s1)S(=O)(=O)N(C)[C@H](C1CCCCC1)CN2c1ccccc1. The highest BCUT2D eigenvalue weighted by Crippen LogP contribution is 2.47. The Morgan fingerprint density at radius 3 is 2.45 bits per heavy atom. The predicted molar refractivity (Wildman–Crippen MR) is 162 cm³/mol. The molecule has 1 saturated carbocycles. The standard InChI is InChI=1S/C31H37FN2O6S2/c1-20(2)39-14-15-40-27-18-25-29(16-23(27)28-17-24(32)30(41-28)31(35)36)42(37,38)33(3)26(21-10-6-4-7-11-21)19-34(25)22-12-8-5-9-13-22/h5,8-9,12-13,16-18,20-21,26H,4,6-7,10-11,14-15,19H2,1-3H3,(H,35,36)/t26-/m0/s1. The van der Waals surface area contributed by atoms with E-state index in [1.165, 1.54) is 10.4 Å². The van der Waals surface area contributed by atoms with Gasteiger partial charge < -0.3 is 19.5 Å². The van der Waals surface area contributed by atoms with E-state index >= 15 is 0 Å². The summed E-state index contributed by atoms with van der Waals surface area (Å²) in [5.41, 5.74) is 1.63. The summed E-state index contributed by atoms with van der Waals surface area (Å²) in [4.78, 5) is 13.6. The Bertz CT molecular complexity index is 1520. The molecule has 0 amide bonds. The van der Waals surface area contributed by atoms with E-state index in [2.05, 4.69) is 0 Å². The summed E-state index contributed by atoms with van der Waals surface area (Å²) >= 11 is 0.748. The summed E-state index contributed by atoms with van der Waals surface area (Å²) in [6.07, 6.45) is 5.23. The van der Waals surface area contributed by atoms with Gasteiger partial charge in [0.1, 0.15) is 27.9 Å². The molecule has 1 aliphatic heterocycles. The molecule has 1 aliphatic carbocycles. The van der Waals surface area contributed by atoms with Crippen LogP contribution in [0.15, 0.2) is 53.4 Å². The Labute approximate surface area is 250 Å². The molecule has 0 saturated heterocycles. The lowest BCUT2D eigenvalue weighted by Gasteiger charge is -2.36. The van der Waals surface area contributed by atoms with Gasteiger partial charge in [0.15, 0.2) is 0 Å². The minimum absolute atomic E-state index is 0.00407. The van der Waals surface area contributed by atoms with Crippen LogP contribution >= 0.6 is 11.3 Å². The molecule has 11 heteroatoms. The number of anilines is 2. The largest absolute Gasteiger partial charge is 0.490 e. The summed E-state index contributed by atoms with van der Waals surface area (Å²) in [7, 11) is -2.35. The van der Waals surface area contributed by atoms with Gasteiger partial charge >= 0.3 is 5.97 Å². The number of para-hydroxylation sites is 1. The maximum absolute atomic E-state index is 14.7. The Morgan fingerprint density at radius 1 is 1.10 bits per heavy atom. The third kappa shape index (κ3) is 6.20. The Morgan fingerprint density at radius 2 is 1.81 bits per heavy atom. The number of hydrogen-bond donors (Lipinski definition) is 1. The highest BCUT2D eigenvalue weighted by molar-refractivity contribution is 7.89. The zero-order valence-corrected chi connectivity index (χ0v) is 25.7. The van der Waals surface area contributed by atoms with E-state index in [0.29, 0.717) is 30.2 Å². The fraction of sp³-hybridized carbons (Fsp3) is 0.452. The average Bonchev–Trinajstić information content (AvgIpc) is 3.34.